The lowest BCUT2D eigenvalue weighted by Crippen LogP contribution is -2.40. The number of carbonyl (C=O) groups is 3. The van der Waals surface area contributed by atoms with Crippen LogP contribution in [0.4, 0.5) is 10.5 Å². The molecule has 1 aromatic rings. The van der Waals surface area contributed by atoms with E-state index in [1.54, 1.807) is 6.07 Å². The van der Waals surface area contributed by atoms with Crippen molar-refractivity contribution in [2.75, 3.05) is 30.7 Å². The zero-order valence-electron chi connectivity index (χ0n) is 12.0. The molecule has 118 valence electrons. The lowest BCUT2D eigenvalue weighted by Gasteiger charge is -2.14. The van der Waals surface area contributed by atoms with Crippen LogP contribution in [0.15, 0.2) is 22.7 Å². The summed E-state index contributed by atoms with van der Waals surface area (Å²) in [7, 11) is 0. The number of nitrogens with zero attached hydrogens (tertiary/aromatic N) is 1. The molecule has 0 bridgehead atoms. The van der Waals surface area contributed by atoms with Gasteiger partial charge in [0.15, 0.2) is 0 Å². The van der Waals surface area contributed by atoms with Crippen molar-refractivity contribution in [3.8, 4) is 0 Å². The number of hydrogen-bond acceptors (Lipinski definition) is 4. The summed E-state index contributed by atoms with van der Waals surface area (Å²) in [5.41, 5.74) is 1.63. The average Bonchev–Trinajstić information content (AvgIpc) is 2.85. The zero-order chi connectivity index (χ0) is 16.1. The molecule has 1 saturated heterocycles. The van der Waals surface area contributed by atoms with Crippen LogP contribution < -0.4 is 10.6 Å². The number of halogens is 1. The van der Waals surface area contributed by atoms with Gasteiger partial charge in [0.1, 0.15) is 6.54 Å². The van der Waals surface area contributed by atoms with Gasteiger partial charge >= 0.3 is 0 Å². The highest BCUT2D eigenvalue weighted by molar-refractivity contribution is 9.10. The van der Waals surface area contributed by atoms with Gasteiger partial charge in [-0.1, -0.05) is 27.7 Å². The Balaban J connectivity index is 1.77. The molecule has 6 nitrogen and oxygen atoms in total. The smallest absolute Gasteiger partial charge is 0.282 e. The summed E-state index contributed by atoms with van der Waals surface area (Å²) in [6.07, 6.45) is 0. The van der Waals surface area contributed by atoms with Gasteiger partial charge in [-0.05, 0) is 30.7 Å². The molecule has 0 unspecified atom stereocenters. The van der Waals surface area contributed by atoms with Crippen LogP contribution in [-0.2, 0) is 9.59 Å². The molecule has 1 aliphatic heterocycles. The maximum atomic E-state index is 11.8. The van der Waals surface area contributed by atoms with E-state index in [9.17, 15) is 14.4 Å². The number of hydrogen-bond donors (Lipinski definition) is 2. The number of amides is 3. The van der Waals surface area contributed by atoms with Crippen molar-refractivity contribution in [1.29, 1.82) is 0 Å². The third kappa shape index (κ3) is 4.74. The minimum absolute atomic E-state index is 0.00355. The van der Waals surface area contributed by atoms with Crippen molar-refractivity contribution in [1.82, 2.24) is 10.2 Å². The second-order valence-electron chi connectivity index (χ2n) is 4.82. The number of nitrogens with one attached hydrogen (secondary N) is 2. The first-order valence-corrected chi connectivity index (χ1v) is 8.48. The Morgan fingerprint density at radius 3 is 2.77 bits per heavy atom. The van der Waals surface area contributed by atoms with Crippen molar-refractivity contribution in [2.24, 2.45) is 0 Å². The highest BCUT2D eigenvalue weighted by atomic mass is 79.9. The highest BCUT2D eigenvalue weighted by Crippen LogP contribution is 2.19. The molecule has 2 N–H and O–H groups in total. The van der Waals surface area contributed by atoms with E-state index in [0.29, 0.717) is 18.0 Å². The van der Waals surface area contributed by atoms with E-state index in [1.165, 1.54) is 16.7 Å². The van der Waals surface area contributed by atoms with Crippen LogP contribution in [0.1, 0.15) is 5.56 Å². The second kappa shape index (κ2) is 7.64. The van der Waals surface area contributed by atoms with Crippen LogP contribution in [0, 0.1) is 6.92 Å². The summed E-state index contributed by atoms with van der Waals surface area (Å²) in [4.78, 5) is 36.4. The lowest BCUT2D eigenvalue weighted by molar-refractivity contribution is -0.124. The number of thioether (sulfide) groups is 1. The van der Waals surface area contributed by atoms with Crippen molar-refractivity contribution in [3.63, 3.8) is 0 Å². The molecule has 22 heavy (non-hydrogen) atoms. The molecule has 0 atom stereocenters. The minimum atomic E-state index is -0.335. The molecule has 1 aromatic carbocycles. The fraction of sp³-hybridized carbons (Fsp3) is 0.357. The normalized spacial score (nSPS) is 14.1. The van der Waals surface area contributed by atoms with E-state index in [4.69, 9.17) is 0 Å². The van der Waals surface area contributed by atoms with E-state index in [2.05, 4.69) is 26.6 Å². The van der Waals surface area contributed by atoms with Gasteiger partial charge in [0.05, 0.1) is 6.54 Å². The van der Waals surface area contributed by atoms with E-state index in [-0.39, 0.29) is 30.1 Å². The maximum absolute atomic E-state index is 11.8. The fourth-order valence-corrected chi connectivity index (χ4v) is 3.24. The molecule has 0 aromatic heterocycles. The second-order valence-corrected chi connectivity index (χ2v) is 6.78. The predicted octanol–water partition coefficient (Wildman–Crippen LogP) is 1.98. The number of anilines is 1. The molecule has 0 aliphatic carbocycles. The first-order valence-electron chi connectivity index (χ1n) is 6.70. The minimum Gasteiger partial charge on any atom is -0.345 e. The molecule has 3 amide bonds. The van der Waals surface area contributed by atoms with E-state index in [1.807, 2.05) is 19.1 Å². The largest absolute Gasteiger partial charge is 0.345 e. The van der Waals surface area contributed by atoms with Crippen molar-refractivity contribution in [3.05, 3.63) is 28.2 Å². The van der Waals surface area contributed by atoms with Crippen LogP contribution in [0.25, 0.3) is 0 Å². The standard InChI is InChI=1S/C14H16BrN3O3S/c1-9-6-10(15)2-3-11(9)17-12(19)7-16-13(20)8-18-4-5-22-14(18)21/h2-3,6H,4-5,7-8H2,1H3,(H,16,20)(H,17,19). The van der Waals surface area contributed by atoms with Crippen molar-refractivity contribution in [2.45, 2.75) is 6.92 Å². The van der Waals surface area contributed by atoms with Crippen molar-refractivity contribution >= 4 is 50.4 Å². The van der Waals surface area contributed by atoms with Crippen LogP contribution in [-0.4, -0.2) is 47.3 Å². The molecular weight excluding hydrogens is 370 g/mol. The molecular formula is C14H16BrN3O3S. The van der Waals surface area contributed by atoms with Crippen LogP contribution in [0.2, 0.25) is 0 Å². The number of benzene rings is 1. The Morgan fingerprint density at radius 1 is 1.36 bits per heavy atom. The van der Waals surface area contributed by atoms with Crippen LogP contribution in [0.5, 0.6) is 0 Å². The summed E-state index contributed by atoms with van der Waals surface area (Å²) in [5.74, 6) is 0.0644. The van der Waals surface area contributed by atoms with Crippen LogP contribution in [0.3, 0.4) is 0 Å². The lowest BCUT2D eigenvalue weighted by atomic mass is 10.2. The number of aryl methyl sites for hydroxylation is 1. The van der Waals surface area contributed by atoms with Gasteiger partial charge in [-0.25, -0.2) is 0 Å². The number of rotatable bonds is 5. The third-order valence-electron chi connectivity index (χ3n) is 3.09. The Bertz CT molecular complexity index is 609. The number of carbonyl (C=O) groups excluding carboxylic acids is 3. The van der Waals surface area contributed by atoms with Gasteiger partial charge in [-0.15, -0.1) is 0 Å². The van der Waals surface area contributed by atoms with Gasteiger partial charge < -0.3 is 15.5 Å². The summed E-state index contributed by atoms with van der Waals surface area (Å²) in [6, 6.07) is 5.52. The van der Waals surface area contributed by atoms with E-state index >= 15 is 0 Å². The highest BCUT2D eigenvalue weighted by Gasteiger charge is 2.23. The van der Waals surface area contributed by atoms with Gasteiger partial charge in [-0.3, -0.25) is 14.4 Å². The molecule has 1 heterocycles. The summed E-state index contributed by atoms with van der Waals surface area (Å²) in [6.45, 7) is 2.33. The predicted molar refractivity (Wildman–Crippen MR) is 89.9 cm³/mol. The fourth-order valence-electron chi connectivity index (χ4n) is 1.94. The zero-order valence-corrected chi connectivity index (χ0v) is 14.4. The molecule has 0 saturated carbocycles. The molecule has 0 spiro atoms. The summed E-state index contributed by atoms with van der Waals surface area (Å²) >= 11 is 4.56. The Morgan fingerprint density at radius 2 is 2.14 bits per heavy atom. The quantitative estimate of drug-likeness (QED) is 0.811. The van der Waals surface area contributed by atoms with E-state index < -0.39 is 0 Å². The molecule has 8 heteroatoms. The third-order valence-corrected chi connectivity index (χ3v) is 4.47. The van der Waals surface area contributed by atoms with Crippen molar-refractivity contribution < 1.29 is 14.4 Å². The maximum Gasteiger partial charge on any atom is 0.282 e. The van der Waals surface area contributed by atoms with Crippen LogP contribution >= 0.6 is 27.7 Å². The molecule has 0 radical (unpaired) electrons. The molecule has 1 aliphatic rings. The van der Waals surface area contributed by atoms with Gasteiger partial charge in [0.25, 0.3) is 5.24 Å². The topological polar surface area (TPSA) is 78.5 Å². The SMILES string of the molecule is Cc1cc(Br)ccc1NC(=O)CNC(=O)CN1CCSC1=O. The monoisotopic (exact) mass is 385 g/mol. The molecule has 1 fully saturated rings. The van der Waals surface area contributed by atoms with Gasteiger partial charge in [0, 0.05) is 22.5 Å². The Kier molecular flexibility index (Phi) is 5.84. The first-order chi connectivity index (χ1) is 10.5. The Labute approximate surface area is 141 Å². The molecule has 2 rings (SSSR count). The summed E-state index contributed by atoms with van der Waals surface area (Å²) in [5, 5.41) is 5.16. The van der Waals surface area contributed by atoms with E-state index in [0.717, 1.165) is 10.0 Å². The summed E-state index contributed by atoms with van der Waals surface area (Å²) < 4.78 is 0.935. The van der Waals surface area contributed by atoms with Gasteiger partial charge in [0.2, 0.25) is 11.8 Å². The van der Waals surface area contributed by atoms with Gasteiger partial charge in [-0.2, -0.15) is 0 Å². The Hall–Kier alpha value is -1.54. The average molecular weight is 386 g/mol. The first kappa shape index (κ1) is 16.8.